The minimum atomic E-state index is -0.602. The van der Waals surface area contributed by atoms with Crippen molar-refractivity contribution in [3.63, 3.8) is 0 Å². The molecule has 0 atom stereocenters. The van der Waals surface area contributed by atoms with Crippen LogP contribution in [0.1, 0.15) is 53.7 Å². The molecule has 1 aliphatic carbocycles. The summed E-state index contributed by atoms with van der Waals surface area (Å²) in [5.74, 6) is 0.429. The molecule has 2 aliphatic rings. The van der Waals surface area contributed by atoms with Gasteiger partial charge in [-0.15, -0.1) is 0 Å². The third kappa shape index (κ3) is 2.72. The molecule has 1 saturated carbocycles. The number of aryl methyl sites for hydroxylation is 2. The van der Waals surface area contributed by atoms with Crippen LogP contribution >= 0.6 is 0 Å². The summed E-state index contributed by atoms with van der Waals surface area (Å²) in [6, 6.07) is 7.69. The summed E-state index contributed by atoms with van der Waals surface area (Å²) in [4.78, 5) is 34.9. The Bertz CT molecular complexity index is 1210. The monoisotopic (exact) mass is 389 g/mol. The molecule has 3 aromatic rings. The van der Waals surface area contributed by atoms with Gasteiger partial charge in [0.1, 0.15) is 29.2 Å². The van der Waals surface area contributed by atoms with E-state index in [-0.39, 0.29) is 11.5 Å². The quantitative estimate of drug-likeness (QED) is 0.700. The Labute approximate surface area is 168 Å². The fourth-order valence-corrected chi connectivity index (χ4v) is 4.73. The first-order valence-corrected chi connectivity index (χ1v) is 10.1. The summed E-state index contributed by atoms with van der Waals surface area (Å²) < 4.78 is 1.69. The molecule has 1 aliphatic heterocycles. The number of pyridine rings is 1. The van der Waals surface area contributed by atoms with Gasteiger partial charge in [-0.25, -0.2) is 9.97 Å². The number of rotatable bonds is 2. The van der Waals surface area contributed by atoms with Gasteiger partial charge in [-0.2, -0.15) is 0 Å². The maximum absolute atomic E-state index is 13.5. The van der Waals surface area contributed by atoms with Gasteiger partial charge in [0.15, 0.2) is 0 Å². The molecule has 1 spiro atoms. The van der Waals surface area contributed by atoms with Crippen LogP contribution < -0.4 is 16.2 Å². The van der Waals surface area contributed by atoms with Crippen LogP contribution in [-0.2, 0) is 5.66 Å². The number of nitrogens with one attached hydrogen (secondary N) is 2. The number of anilines is 2. The molecular formula is C22H23N5O2. The number of nitrogens with zero attached hydrogens (tertiary/aromatic N) is 3. The number of carbonyl (C=O) groups excluding carboxylic acids is 1. The highest BCUT2D eigenvalue weighted by Crippen LogP contribution is 2.37. The lowest BCUT2D eigenvalue weighted by molar-refractivity contribution is 0.0876. The van der Waals surface area contributed by atoms with Crippen molar-refractivity contribution in [1.82, 2.24) is 19.9 Å². The Morgan fingerprint density at radius 2 is 1.86 bits per heavy atom. The normalized spacial score (nSPS) is 17.4. The summed E-state index contributed by atoms with van der Waals surface area (Å²) in [5, 5.41) is 7.18. The predicted molar refractivity (Wildman–Crippen MR) is 112 cm³/mol. The van der Waals surface area contributed by atoms with E-state index in [9.17, 15) is 9.59 Å². The Kier molecular flexibility index (Phi) is 3.94. The van der Waals surface area contributed by atoms with Crippen molar-refractivity contribution >= 4 is 28.3 Å². The van der Waals surface area contributed by atoms with Crippen LogP contribution in [0.15, 0.2) is 35.4 Å². The summed E-state index contributed by atoms with van der Waals surface area (Å²) in [6.07, 6.45) is 6.19. The van der Waals surface area contributed by atoms with E-state index >= 15 is 0 Å². The van der Waals surface area contributed by atoms with Crippen molar-refractivity contribution in [1.29, 1.82) is 0 Å². The van der Waals surface area contributed by atoms with Crippen molar-refractivity contribution in [2.24, 2.45) is 0 Å². The number of hydrogen-bond donors (Lipinski definition) is 2. The second-order valence-electron chi connectivity index (χ2n) is 8.14. The summed E-state index contributed by atoms with van der Waals surface area (Å²) in [5.41, 5.74) is 2.82. The first-order chi connectivity index (χ1) is 14.0. The Hall–Kier alpha value is -3.22. The molecule has 1 aromatic carbocycles. The fraction of sp³-hybridized carbons (Fsp3) is 0.364. The van der Waals surface area contributed by atoms with Crippen molar-refractivity contribution in [2.45, 2.75) is 51.6 Å². The van der Waals surface area contributed by atoms with Crippen LogP contribution in [0.2, 0.25) is 0 Å². The number of carbonyl (C=O) groups is 1. The third-order valence-corrected chi connectivity index (χ3v) is 6.11. The van der Waals surface area contributed by atoms with Crippen LogP contribution in [0.5, 0.6) is 0 Å². The molecule has 0 bridgehead atoms. The highest BCUT2D eigenvalue weighted by molar-refractivity contribution is 5.97. The SMILES string of the molecule is Cc1ccc2c(Nc3cc(C)c4n(c3=O)C3(CCCCC3)NC4=O)ncnc2c1. The van der Waals surface area contributed by atoms with Crippen LogP contribution in [0.25, 0.3) is 10.9 Å². The molecular weight excluding hydrogens is 366 g/mol. The maximum atomic E-state index is 13.5. The van der Waals surface area contributed by atoms with Gasteiger partial charge < -0.3 is 10.6 Å². The van der Waals surface area contributed by atoms with Crippen LogP contribution in [0.4, 0.5) is 11.5 Å². The molecule has 0 saturated heterocycles. The zero-order valence-corrected chi connectivity index (χ0v) is 16.6. The maximum Gasteiger partial charge on any atom is 0.276 e. The first-order valence-electron chi connectivity index (χ1n) is 10.1. The largest absolute Gasteiger partial charge is 0.335 e. The highest BCUT2D eigenvalue weighted by Gasteiger charge is 2.45. The van der Waals surface area contributed by atoms with Gasteiger partial charge in [0.05, 0.1) is 5.52 Å². The average molecular weight is 389 g/mol. The second-order valence-corrected chi connectivity index (χ2v) is 8.14. The van der Waals surface area contributed by atoms with Gasteiger partial charge >= 0.3 is 0 Å². The average Bonchev–Trinajstić information content (AvgIpc) is 2.98. The minimum Gasteiger partial charge on any atom is -0.335 e. The lowest BCUT2D eigenvalue weighted by Gasteiger charge is -2.35. The zero-order valence-electron chi connectivity index (χ0n) is 16.6. The van der Waals surface area contributed by atoms with Crippen LogP contribution in [-0.4, -0.2) is 20.4 Å². The molecule has 7 heteroatoms. The van der Waals surface area contributed by atoms with Crippen molar-refractivity contribution in [3.8, 4) is 0 Å². The minimum absolute atomic E-state index is 0.156. The van der Waals surface area contributed by atoms with E-state index in [1.807, 2.05) is 32.0 Å². The fourth-order valence-electron chi connectivity index (χ4n) is 4.73. The predicted octanol–water partition coefficient (Wildman–Crippen LogP) is 3.51. The summed E-state index contributed by atoms with van der Waals surface area (Å²) in [7, 11) is 0. The van der Waals surface area contributed by atoms with Gasteiger partial charge in [0, 0.05) is 5.39 Å². The molecule has 2 N–H and O–H groups in total. The van der Waals surface area contributed by atoms with Crippen LogP contribution in [0, 0.1) is 13.8 Å². The number of amides is 1. The third-order valence-electron chi connectivity index (χ3n) is 6.11. The Morgan fingerprint density at radius 1 is 1.07 bits per heavy atom. The molecule has 1 fully saturated rings. The van der Waals surface area contributed by atoms with Gasteiger partial charge in [-0.05, 0) is 68.9 Å². The van der Waals surface area contributed by atoms with Gasteiger partial charge in [-0.1, -0.05) is 12.5 Å². The lowest BCUT2D eigenvalue weighted by Crippen LogP contribution is -2.48. The molecule has 1 amide bonds. The molecule has 0 radical (unpaired) electrons. The highest BCUT2D eigenvalue weighted by atomic mass is 16.2. The van der Waals surface area contributed by atoms with Gasteiger partial charge in [0.2, 0.25) is 0 Å². The van der Waals surface area contributed by atoms with E-state index in [1.165, 1.54) is 6.33 Å². The van der Waals surface area contributed by atoms with Crippen molar-refractivity contribution < 1.29 is 4.79 Å². The number of fused-ring (bicyclic) bond motifs is 3. The Morgan fingerprint density at radius 3 is 2.66 bits per heavy atom. The second kappa shape index (κ2) is 6.40. The van der Waals surface area contributed by atoms with E-state index in [4.69, 9.17) is 0 Å². The molecule has 29 heavy (non-hydrogen) atoms. The standard InChI is InChI=1S/C22H23N5O2/c1-13-6-7-15-16(10-13)23-12-24-19(15)25-17-11-14(2)18-20(28)26-22(27(18)21(17)29)8-4-3-5-9-22/h6-7,10-12H,3-5,8-9H2,1-2H3,(H,26,28)(H,23,24,25). The molecule has 0 unspecified atom stereocenters. The number of benzene rings is 1. The lowest BCUT2D eigenvalue weighted by atomic mass is 9.89. The topological polar surface area (TPSA) is 88.9 Å². The van der Waals surface area contributed by atoms with E-state index in [1.54, 1.807) is 10.6 Å². The zero-order chi connectivity index (χ0) is 20.2. The van der Waals surface area contributed by atoms with Crippen molar-refractivity contribution in [3.05, 3.63) is 57.8 Å². The van der Waals surface area contributed by atoms with E-state index in [0.29, 0.717) is 17.2 Å². The summed E-state index contributed by atoms with van der Waals surface area (Å²) in [6.45, 7) is 3.89. The molecule has 3 heterocycles. The number of aromatic nitrogens is 3. The van der Waals surface area contributed by atoms with Crippen molar-refractivity contribution in [2.75, 3.05) is 5.32 Å². The van der Waals surface area contributed by atoms with E-state index < -0.39 is 5.66 Å². The van der Waals surface area contributed by atoms with E-state index in [0.717, 1.165) is 54.1 Å². The van der Waals surface area contributed by atoms with Crippen LogP contribution in [0.3, 0.4) is 0 Å². The summed E-state index contributed by atoms with van der Waals surface area (Å²) >= 11 is 0. The molecule has 7 nitrogen and oxygen atoms in total. The molecule has 148 valence electrons. The van der Waals surface area contributed by atoms with Gasteiger partial charge in [-0.3, -0.25) is 14.2 Å². The first kappa shape index (κ1) is 17.8. The van der Waals surface area contributed by atoms with Gasteiger partial charge in [0.25, 0.3) is 11.5 Å². The smallest absolute Gasteiger partial charge is 0.276 e. The number of hydrogen-bond acceptors (Lipinski definition) is 5. The van der Waals surface area contributed by atoms with E-state index in [2.05, 4.69) is 20.6 Å². The molecule has 5 rings (SSSR count). The Balaban J connectivity index is 1.65. The molecule has 2 aromatic heterocycles.